The molecule has 0 unspecified atom stereocenters. The third-order valence-electron chi connectivity index (χ3n) is 4.54. The number of carbonyl (C=O) groups is 1. The lowest BCUT2D eigenvalue weighted by Gasteiger charge is -2.18. The van der Waals surface area contributed by atoms with Gasteiger partial charge in [0.05, 0.1) is 12.1 Å². The molecular formula is C22H20N2O3. The van der Waals surface area contributed by atoms with Crippen LogP contribution in [0.3, 0.4) is 0 Å². The number of hydrogen-bond donors (Lipinski definition) is 1. The largest absolute Gasteiger partial charge is 0.486 e. The van der Waals surface area contributed by atoms with Crippen molar-refractivity contribution in [2.45, 2.75) is 13.3 Å². The number of benzene rings is 3. The maximum atomic E-state index is 12.4. The molecule has 0 saturated carbocycles. The van der Waals surface area contributed by atoms with Crippen molar-refractivity contribution >= 4 is 22.4 Å². The summed E-state index contributed by atoms with van der Waals surface area (Å²) in [6.45, 7) is 2.95. The number of nitrogens with one attached hydrogen (secondary N) is 1. The molecule has 1 heterocycles. The van der Waals surface area contributed by atoms with Crippen molar-refractivity contribution in [1.29, 1.82) is 0 Å². The minimum Gasteiger partial charge on any atom is -0.486 e. The minimum atomic E-state index is -0.150. The first-order chi connectivity index (χ1) is 13.2. The molecule has 5 heteroatoms. The SMILES string of the molecule is C/C(=N\NC(=O)Cc1cccc2ccccc12)c1ccc2c(c1)OCCO2. The van der Waals surface area contributed by atoms with E-state index < -0.39 is 0 Å². The number of rotatable bonds is 4. The Morgan fingerprint density at radius 3 is 2.67 bits per heavy atom. The Bertz CT molecular complexity index is 1020. The van der Waals surface area contributed by atoms with Crippen molar-refractivity contribution in [3.05, 3.63) is 71.8 Å². The summed E-state index contributed by atoms with van der Waals surface area (Å²) in [6, 6.07) is 19.7. The van der Waals surface area contributed by atoms with E-state index >= 15 is 0 Å². The minimum absolute atomic E-state index is 0.150. The lowest BCUT2D eigenvalue weighted by molar-refractivity contribution is -0.120. The summed E-state index contributed by atoms with van der Waals surface area (Å²) in [6.07, 6.45) is 0.277. The van der Waals surface area contributed by atoms with Crippen molar-refractivity contribution in [3.63, 3.8) is 0 Å². The zero-order valence-electron chi connectivity index (χ0n) is 15.1. The van der Waals surface area contributed by atoms with Gasteiger partial charge in [0.1, 0.15) is 13.2 Å². The summed E-state index contributed by atoms with van der Waals surface area (Å²) < 4.78 is 11.1. The van der Waals surface area contributed by atoms with Crippen molar-refractivity contribution in [1.82, 2.24) is 5.43 Å². The van der Waals surface area contributed by atoms with Gasteiger partial charge in [0.15, 0.2) is 11.5 Å². The van der Waals surface area contributed by atoms with E-state index in [-0.39, 0.29) is 12.3 Å². The molecule has 0 saturated heterocycles. The number of ether oxygens (including phenoxy) is 2. The van der Waals surface area contributed by atoms with Gasteiger partial charge >= 0.3 is 0 Å². The van der Waals surface area contributed by atoms with Crippen LogP contribution < -0.4 is 14.9 Å². The summed E-state index contributed by atoms with van der Waals surface area (Å²) in [5.74, 6) is 1.29. The Morgan fingerprint density at radius 2 is 1.78 bits per heavy atom. The molecule has 3 aromatic rings. The molecule has 0 bridgehead atoms. The zero-order chi connectivity index (χ0) is 18.6. The first-order valence-corrected chi connectivity index (χ1v) is 8.90. The van der Waals surface area contributed by atoms with Gasteiger partial charge in [-0.05, 0) is 41.5 Å². The number of carbonyl (C=O) groups excluding carboxylic acids is 1. The van der Waals surface area contributed by atoms with Gasteiger partial charge in [0.2, 0.25) is 5.91 Å². The van der Waals surface area contributed by atoms with Crippen LogP contribution in [-0.2, 0) is 11.2 Å². The Balaban J connectivity index is 1.46. The lowest BCUT2D eigenvalue weighted by atomic mass is 10.0. The van der Waals surface area contributed by atoms with Crippen LogP contribution in [-0.4, -0.2) is 24.8 Å². The van der Waals surface area contributed by atoms with Gasteiger partial charge < -0.3 is 9.47 Å². The highest BCUT2D eigenvalue weighted by atomic mass is 16.6. The Hall–Kier alpha value is -3.34. The molecule has 0 radical (unpaired) electrons. The zero-order valence-corrected chi connectivity index (χ0v) is 15.1. The first-order valence-electron chi connectivity index (χ1n) is 8.90. The highest BCUT2D eigenvalue weighted by Gasteiger charge is 2.13. The molecule has 1 aliphatic rings. The number of hydrazone groups is 1. The van der Waals surface area contributed by atoms with Crippen LogP contribution in [0.2, 0.25) is 0 Å². The van der Waals surface area contributed by atoms with Crippen molar-refractivity contribution in [2.24, 2.45) is 5.10 Å². The van der Waals surface area contributed by atoms with Crippen LogP contribution in [0.15, 0.2) is 65.8 Å². The topological polar surface area (TPSA) is 59.9 Å². The summed E-state index contributed by atoms with van der Waals surface area (Å²) >= 11 is 0. The number of fused-ring (bicyclic) bond motifs is 2. The maximum Gasteiger partial charge on any atom is 0.244 e. The van der Waals surface area contributed by atoms with Crippen LogP contribution >= 0.6 is 0 Å². The molecule has 3 aromatic carbocycles. The molecule has 1 amide bonds. The van der Waals surface area contributed by atoms with E-state index in [2.05, 4.69) is 10.5 Å². The number of amides is 1. The second-order valence-electron chi connectivity index (χ2n) is 6.41. The van der Waals surface area contributed by atoms with Gasteiger partial charge in [-0.1, -0.05) is 42.5 Å². The quantitative estimate of drug-likeness (QED) is 0.570. The fraction of sp³-hybridized carbons (Fsp3) is 0.182. The molecule has 5 nitrogen and oxygen atoms in total. The van der Waals surface area contributed by atoms with Crippen molar-refractivity contribution in [2.75, 3.05) is 13.2 Å². The van der Waals surface area contributed by atoms with Crippen LogP contribution in [0.5, 0.6) is 11.5 Å². The highest BCUT2D eigenvalue weighted by molar-refractivity contribution is 6.00. The van der Waals surface area contributed by atoms with E-state index in [1.807, 2.05) is 67.6 Å². The molecule has 1 aliphatic heterocycles. The Morgan fingerprint density at radius 1 is 1.00 bits per heavy atom. The predicted octanol–water partition coefficient (Wildman–Crippen LogP) is 3.69. The number of hydrogen-bond acceptors (Lipinski definition) is 4. The summed E-state index contributed by atoms with van der Waals surface area (Å²) in [4.78, 5) is 12.4. The van der Waals surface area contributed by atoms with Crippen LogP contribution in [0.25, 0.3) is 10.8 Å². The average molecular weight is 360 g/mol. The third kappa shape index (κ3) is 3.77. The first kappa shape index (κ1) is 17.1. The molecular weight excluding hydrogens is 340 g/mol. The molecule has 1 N–H and O–H groups in total. The van der Waals surface area contributed by atoms with E-state index in [9.17, 15) is 4.79 Å². The van der Waals surface area contributed by atoms with Crippen molar-refractivity contribution in [3.8, 4) is 11.5 Å². The molecule has 4 rings (SSSR count). The van der Waals surface area contributed by atoms with Gasteiger partial charge in [-0.25, -0.2) is 5.43 Å². The predicted molar refractivity (Wildman–Crippen MR) is 105 cm³/mol. The van der Waals surface area contributed by atoms with E-state index in [0.717, 1.165) is 27.6 Å². The normalized spacial score (nSPS) is 13.4. The fourth-order valence-electron chi connectivity index (χ4n) is 3.14. The van der Waals surface area contributed by atoms with Gasteiger partial charge in [-0.2, -0.15) is 5.10 Å². The second-order valence-corrected chi connectivity index (χ2v) is 6.41. The molecule has 0 spiro atoms. The van der Waals surface area contributed by atoms with Gasteiger partial charge in [-0.3, -0.25) is 4.79 Å². The maximum absolute atomic E-state index is 12.4. The summed E-state index contributed by atoms with van der Waals surface area (Å²) in [5.41, 5.74) is 5.22. The van der Waals surface area contributed by atoms with Crippen LogP contribution in [0, 0.1) is 0 Å². The van der Waals surface area contributed by atoms with E-state index in [1.54, 1.807) is 0 Å². The van der Waals surface area contributed by atoms with E-state index in [1.165, 1.54) is 0 Å². The molecule has 0 aromatic heterocycles. The molecule has 0 aliphatic carbocycles. The van der Waals surface area contributed by atoms with E-state index in [0.29, 0.717) is 24.7 Å². The summed E-state index contributed by atoms with van der Waals surface area (Å²) in [7, 11) is 0. The standard InChI is InChI=1S/C22H20N2O3/c1-15(17-9-10-20-21(13-17)27-12-11-26-20)23-24-22(25)14-18-7-4-6-16-5-2-3-8-19(16)18/h2-10,13H,11-12,14H2,1H3,(H,24,25)/b23-15+. The lowest BCUT2D eigenvalue weighted by Crippen LogP contribution is -2.21. The van der Waals surface area contributed by atoms with Gasteiger partial charge in [0, 0.05) is 5.56 Å². The molecule has 0 atom stereocenters. The Labute approximate surface area is 157 Å². The smallest absolute Gasteiger partial charge is 0.244 e. The average Bonchev–Trinajstić information content (AvgIpc) is 2.72. The molecule has 0 fully saturated rings. The fourth-order valence-corrected chi connectivity index (χ4v) is 3.14. The molecule has 27 heavy (non-hydrogen) atoms. The third-order valence-corrected chi connectivity index (χ3v) is 4.54. The molecule has 136 valence electrons. The van der Waals surface area contributed by atoms with Gasteiger partial charge in [-0.15, -0.1) is 0 Å². The second kappa shape index (κ2) is 7.50. The summed E-state index contributed by atoms with van der Waals surface area (Å²) in [5, 5.41) is 6.45. The monoisotopic (exact) mass is 360 g/mol. The van der Waals surface area contributed by atoms with E-state index in [4.69, 9.17) is 9.47 Å². The number of nitrogens with zero attached hydrogens (tertiary/aromatic N) is 1. The van der Waals surface area contributed by atoms with Gasteiger partial charge in [0.25, 0.3) is 0 Å². The highest BCUT2D eigenvalue weighted by Crippen LogP contribution is 2.30. The van der Waals surface area contributed by atoms with Crippen molar-refractivity contribution < 1.29 is 14.3 Å². The Kier molecular flexibility index (Phi) is 4.75. The van der Waals surface area contributed by atoms with Crippen LogP contribution in [0.4, 0.5) is 0 Å². The van der Waals surface area contributed by atoms with Crippen LogP contribution in [0.1, 0.15) is 18.1 Å².